The van der Waals surface area contributed by atoms with Crippen molar-refractivity contribution in [3.05, 3.63) is 132 Å². The van der Waals surface area contributed by atoms with Crippen molar-refractivity contribution < 1.29 is 8.83 Å². The van der Waals surface area contributed by atoms with E-state index in [4.69, 9.17) is 15.4 Å². The van der Waals surface area contributed by atoms with Crippen LogP contribution in [0.3, 0.4) is 0 Å². The summed E-state index contributed by atoms with van der Waals surface area (Å²) in [5.74, 6) is 0. The molecule has 0 aliphatic heterocycles. The Morgan fingerprint density at radius 3 is 2.26 bits per heavy atom. The lowest BCUT2D eigenvalue weighted by Crippen LogP contribution is -1.94. The Morgan fingerprint density at radius 2 is 1.37 bits per heavy atom. The second-order valence-corrected chi connectivity index (χ2v) is 10.7. The summed E-state index contributed by atoms with van der Waals surface area (Å²) in [5.41, 5.74) is 8.56. The fourth-order valence-corrected chi connectivity index (χ4v) is 6.62. The molecule has 0 unspecified atom stereocenters. The molecule has 0 aliphatic carbocycles. The summed E-state index contributed by atoms with van der Waals surface area (Å²) in [6.45, 7) is 7.94. The molecule has 198 valence electrons. The molecule has 0 radical (unpaired) electrons. The maximum absolute atomic E-state index is 9.70. The minimum atomic E-state index is 0.451. The summed E-state index contributed by atoms with van der Waals surface area (Å²) in [5, 5.41) is 15.7. The highest BCUT2D eigenvalue weighted by Crippen LogP contribution is 2.46. The highest BCUT2D eigenvalue weighted by Gasteiger charge is 2.22. The van der Waals surface area contributed by atoms with Crippen molar-refractivity contribution in [2.24, 2.45) is 0 Å². The maximum Gasteiger partial charge on any atom is 0.229 e. The molecule has 43 heavy (non-hydrogen) atoms. The van der Waals surface area contributed by atoms with Crippen molar-refractivity contribution in [1.82, 2.24) is 4.57 Å². The Morgan fingerprint density at radius 1 is 0.605 bits per heavy atom. The van der Waals surface area contributed by atoms with Gasteiger partial charge < -0.3 is 13.4 Å². The van der Waals surface area contributed by atoms with Gasteiger partial charge in [-0.25, -0.2) is 4.85 Å². The van der Waals surface area contributed by atoms with Crippen LogP contribution in [0.2, 0.25) is 0 Å². The van der Waals surface area contributed by atoms with E-state index in [-0.39, 0.29) is 0 Å². The van der Waals surface area contributed by atoms with Crippen molar-refractivity contribution in [2.75, 3.05) is 0 Å². The number of benzene rings is 6. The molecule has 0 aliphatic rings. The molecule has 5 nitrogen and oxygen atoms in total. The van der Waals surface area contributed by atoms with E-state index in [0.29, 0.717) is 22.4 Å². The van der Waals surface area contributed by atoms with Crippen LogP contribution in [0.25, 0.3) is 87.3 Å². The Bertz CT molecular complexity index is 2710. The van der Waals surface area contributed by atoms with Crippen LogP contribution in [-0.2, 0) is 0 Å². The fraction of sp³-hybridized carbons (Fsp3) is 0. The van der Waals surface area contributed by atoms with E-state index in [1.54, 1.807) is 0 Å². The van der Waals surface area contributed by atoms with Crippen molar-refractivity contribution in [3.8, 4) is 22.9 Å². The van der Waals surface area contributed by atoms with Crippen LogP contribution >= 0.6 is 0 Å². The lowest BCUT2D eigenvalue weighted by Gasteiger charge is -2.09. The average Bonchev–Trinajstić information content (AvgIpc) is 3.74. The first kappa shape index (κ1) is 23.4. The second kappa shape index (κ2) is 8.60. The maximum atomic E-state index is 9.70. The molecular formula is C38H19N3O2. The van der Waals surface area contributed by atoms with Gasteiger partial charge >= 0.3 is 0 Å². The number of fused-ring (bicyclic) bond motifs is 9. The second-order valence-electron chi connectivity index (χ2n) is 10.7. The molecule has 0 saturated heterocycles. The number of hydrogen-bond donors (Lipinski definition) is 0. The first-order valence-corrected chi connectivity index (χ1v) is 13.9. The van der Waals surface area contributed by atoms with Crippen LogP contribution < -0.4 is 0 Å². The zero-order chi connectivity index (χ0) is 28.7. The van der Waals surface area contributed by atoms with Crippen LogP contribution in [0.1, 0.15) is 5.56 Å². The molecule has 9 aromatic rings. The van der Waals surface area contributed by atoms with Crippen molar-refractivity contribution in [1.29, 1.82) is 5.26 Å². The van der Waals surface area contributed by atoms with Gasteiger partial charge in [0.05, 0.1) is 34.9 Å². The van der Waals surface area contributed by atoms with Crippen LogP contribution in [0.4, 0.5) is 5.69 Å². The van der Waals surface area contributed by atoms with E-state index in [1.165, 1.54) is 0 Å². The molecule has 9 rings (SSSR count). The predicted octanol–water partition coefficient (Wildman–Crippen LogP) is 10.7. The van der Waals surface area contributed by atoms with E-state index >= 15 is 0 Å². The summed E-state index contributed by atoms with van der Waals surface area (Å²) >= 11 is 0. The zero-order valence-corrected chi connectivity index (χ0v) is 22.6. The number of nitrogens with zero attached hydrogens (tertiary/aromatic N) is 3. The summed E-state index contributed by atoms with van der Waals surface area (Å²) in [4.78, 5) is 3.83. The first-order valence-electron chi connectivity index (χ1n) is 13.9. The van der Waals surface area contributed by atoms with Crippen LogP contribution in [-0.4, -0.2) is 4.57 Å². The smallest absolute Gasteiger partial charge is 0.229 e. The number of furan rings is 2. The molecule has 3 heterocycles. The van der Waals surface area contributed by atoms with Gasteiger partial charge in [0.2, 0.25) is 5.69 Å². The third kappa shape index (κ3) is 3.14. The van der Waals surface area contributed by atoms with Crippen LogP contribution in [0.5, 0.6) is 0 Å². The third-order valence-electron chi connectivity index (χ3n) is 8.46. The van der Waals surface area contributed by atoms with Gasteiger partial charge in [0.1, 0.15) is 16.7 Å². The largest absolute Gasteiger partial charge is 0.465 e. The predicted molar refractivity (Wildman–Crippen MR) is 172 cm³/mol. The molecule has 3 aromatic heterocycles. The SMILES string of the molecule is [C-]#[N+]c1ccc(-c2cccc3c2oc2ccccc23)c2c1oc1c(-n3c4ccccc4c4ccc(C#N)cc43)cccc12. The summed E-state index contributed by atoms with van der Waals surface area (Å²) < 4.78 is 15.3. The molecule has 0 bridgehead atoms. The summed E-state index contributed by atoms with van der Waals surface area (Å²) in [6.07, 6.45) is 0. The quantitative estimate of drug-likeness (QED) is 0.202. The van der Waals surface area contributed by atoms with E-state index < -0.39 is 0 Å². The highest BCUT2D eigenvalue weighted by molar-refractivity contribution is 6.21. The molecule has 0 N–H and O–H groups in total. The van der Waals surface area contributed by atoms with E-state index in [0.717, 1.165) is 71.3 Å². The van der Waals surface area contributed by atoms with E-state index in [1.807, 2.05) is 78.9 Å². The lowest BCUT2D eigenvalue weighted by molar-refractivity contribution is 0.668. The zero-order valence-electron chi connectivity index (χ0n) is 22.6. The van der Waals surface area contributed by atoms with E-state index in [2.05, 4.69) is 51.9 Å². The van der Waals surface area contributed by atoms with E-state index in [9.17, 15) is 5.26 Å². The minimum absolute atomic E-state index is 0.451. The molecule has 5 heteroatoms. The normalized spacial score (nSPS) is 11.7. The van der Waals surface area contributed by atoms with Gasteiger partial charge in [-0.1, -0.05) is 84.9 Å². The highest BCUT2D eigenvalue weighted by atomic mass is 16.3. The average molecular weight is 550 g/mol. The topological polar surface area (TPSA) is 59.4 Å². The Hall–Kier alpha value is -6.30. The molecule has 0 fully saturated rings. The van der Waals surface area contributed by atoms with Gasteiger partial charge in [0.15, 0.2) is 5.58 Å². The van der Waals surface area contributed by atoms with Crippen molar-refractivity contribution in [2.45, 2.75) is 0 Å². The Labute approximate surface area is 244 Å². The Kier molecular flexibility index (Phi) is 4.68. The van der Waals surface area contributed by atoms with Crippen LogP contribution in [0, 0.1) is 17.9 Å². The van der Waals surface area contributed by atoms with Crippen molar-refractivity contribution >= 4 is 71.4 Å². The van der Waals surface area contributed by atoms with Gasteiger partial charge in [0, 0.05) is 37.9 Å². The summed E-state index contributed by atoms with van der Waals surface area (Å²) in [6, 6.07) is 40.5. The molecular weight excluding hydrogens is 530 g/mol. The fourth-order valence-electron chi connectivity index (χ4n) is 6.62. The van der Waals surface area contributed by atoms with Gasteiger partial charge in [0.25, 0.3) is 0 Å². The molecule has 0 atom stereocenters. The van der Waals surface area contributed by atoms with Gasteiger partial charge in [-0.05, 0) is 35.9 Å². The number of nitriles is 1. The Balaban J connectivity index is 1.41. The number of hydrogen-bond acceptors (Lipinski definition) is 3. The number of rotatable bonds is 2. The van der Waals surface area contributed by atoms with Gasteiger partial charge in [-0.2, -0.15) is 5.26 Å². The molecule has 0 amide bonds. The monoisotopic (exact) mass is 549 g/mol. The molecule has 0 spiro atoms. The third-order valence-corrected chi connectivity index (χ3v) is 8.46. The molecule has 6 aromatic carbocycles. The molecule has 0 saturated carbocycles. The van der Waals surface area contributed by atoms with Gasteiger partial charge in [-0.3, -0.25) is 0 Å². The van der Waals surface area contributed by atoms with Crippen molar-refractivity contribution in [3.63, 3.8) is 0 Å². The van der Waals surface area contributed by atoms with Crippen LogP contribution in [0.15, 0.2) is 124 Å². The standard InChI is InChI=1S/C38H19N3O2/c1-40-30-19-18-26(28-11-6-10-27-25-9-3-5-15-34(25)42-36(27)28)35-29-12-7-14-32(37(29)43-38(30)35)41-31-13-4-2-8-23(31)24-17-16-22(21-39)20-33(24)41/h2-20H. The minimum Gasteiger partial charge on any atom is -0.465 e. The first-order chi connectivity index (χ1) is 21.2. The lowest BCUT2D eigenvalue weighted by atomic mass is 9.97. The number of aromatic nitrogens is 1. The number of para-hydroxylation sites is 4. The summed E-state index contributed by atoms with van der Waals surface area (Å²) in [7, 11) is 0. The van der Waals surface area contributed by atoms with Gasteiger partial charge in [-0.15, -0.1) is 0 Å².